The molecule has 0 heterocycles. The van der Waals surface area contributed by atoms with E-state index >= 15 is 0 Å². The van der Waals surface area contributed by atoms with Crippen LogP contribution in [0.2, 0.25) is 0 Å². The van der Waals surface area contributed by atoms with Gasteiger partial charge >= 0.3 is 0 Å². The topological polar surface area (TPSA) is 66.5 Å². The van der Waals surface area contributed by atoms with Gasteiger partial charge < -0.3 is 15.9 Å². The molecule has 0 atom stereocenters. The molecule has 0 aliphatic heterocycles. The van der Waals surface area contributed by atoms with E-state index in [1.165, 1.54) is 0 Å². The Morgan fingerprint density at radius 2 is 1.59 bits per heavy atom. The standard InChI is InChI=1S/C14H15NO2/c15-8-7-10-5-6-14(17)12(9-10)11-3-1-2-4-13(11)16/h1-6,9,16-17H,7-8,15H2. The molecule has 88 valence electrons. The summed E-state index contributed by atoms with van der Waals surface area (Å²) in [4.78, 5) is 0. The number of hydrogen-bond donors (Lipinski definition) is 3. The second kappa shape index (κ2) is 4.89. The number of hydrogen-bond acceptors (Lipinski definition) is 3. The maximum atomic E-state index is 9.84. The van der Waals surface area contributed by atoms with Crippen LogP contribution in [0.15, 0.2) is 42.5 Å². The van der Waals surface area contributed by atoms with E-state index < -0.39 is 0 Å². The highest BCUT2D eigenvalue weighted by Gasteiger charge is 2.08. The minimum absolute atomic E-state index is 0.160. The third-order valence-corrected chi connectivity index (χ3v) is 2.69. The molecule has 2 rings (SSSR count). The maximum absolute atomic E-state index is 9.84. The quantitative estimate of drug-likeness (QED) is 0.756. The van der Waals surface area contributed by atoms with Crippen molar-refractivity contribution in [3.8, 4) is 22.6 Å². The fraction of sp³-hybridized carbons (Fsp3) is 0.143. The van der Waals surface area contributed by atoms with Crippen molar-refractivity contribution in [3.05, 3.63) is 48.0 Å². The molecule has 0 saturated heterocycles. The van der Waals surface area contributed by atoms with Crippen molar-refractivity contribution in [2.24, 2.45) is 5.73 Å². The predicted molar refractivity (Wildman–Crippen MR) is 68.0 cm³/mol. The minimum Gasteiger partial charge on any atom is -0.507 e. The number of nitrogens with two attached hydrogens (primary N) is 1. The molecule has 0 radical (unpaired) electrons. The highest BCUT2D eigenvalue weighted by molar-refractivity contribution is 5.75. The van der Waals surface area contributed by atoms with Crippen molar-refractivity contribution in [2.45, 2.75) is 6.42 Å². The summed E-state index contributed by atoms with van der Waals surface area (Å²) in [5.41, 5.74) is 7.81. The average molecular weight is 229 g/mol. The summed E-state index contributed by atoms with van der Waals surface area (Å²) in [5, 5.41) is 19.6. The van der Waals surface area contributed by atoms with Gasteiger partial charge in [-0.1, -0.05) is 24.3 Å². The van der Waals surface area contributed by atoms with Crippen molar-refractivity contribution in [1.29, 1.82) is 0 Å². The van der Waals surface area contributed by atoms with Gasteiger partial charge in [-0.25, -0.2) is 0 Å². The zero-order valence-corrected chi connectivity index (χ0v) is 9.43. The first-order valence-electron chi connectivity index (χ1n) is 5.52. The maximum Gasteiger partial charge on any atom is 0.123 e. The van der Waals surface area contributed by atoms with E-state index in [1.807, 2.05) is 18.2 Å². The number of benzene rings is 2. The number of phenolic OH excluding ortho intramolecular Hbond substituents is 2. The van der Waals surface area contributed by atoms with Crippen LogP contribution in [0.5, 0.6) is 11.5 Å². The summed E-state index contributed by atoms with van der Waals surface area (Å²) in [5.74, 6) is 0.319. The van der Waals surface area contributed by atoms with Gasteiger partial charge in [0.2, 0.25) is 0 Å². The molecule has 0 saturated carbocycles. The molecule has 0 aliphatic rings. The van der Waals surface area contributed by atoms with Crippen molar-refractivity contribution in [2.75, 3.05) is 6.54 Å². The van der Waals surface area contributed by atoms with Crippen molar-refractivity contribution >= 4 is 0 Å². The lowest BCUT2D eigenvalue weighted by molar-refractivity contribution is 0.469. The summed E-state index contributed by atoms with van der Waals surface area (Å²) >= 11 is 0. The molecule has 3 nitrogen and oxygen atoms in total. The van der Waals surface area contributed by atoms with Crippen molar-refractivity contribution in [3.63, 3.8) is 0 Å². The monoisotopic (exact) mass is 229 g/mol. The Morgan fingerprint density at radius 3 is 2.29 bits per heavy atom. The lowest BCUT2D eigenvalue weighted by Crippen LogP contribution is -2.02. The van der Waals surface area contributed by atoms with Gasteiger partial charge in [0.25, 0.3) is 0 Å². The molecule has 3 heteroatoms. The lowest BCUT2D eigenvalue weighted by atomic mass is 10.00. The van der Waals surface area contributed by atoms with E-state index in [9.17, 15) is 10.2 Å². The van der Waals surface area contributed by atoms with Crippen LogP contribution in [0.3, 0.4) is 0 Å². The van der Waals surface area contributed by atoms with E-state index in [4.69, 9.17) is 5.73 Å². The van der Waals surface area contributed by atoms with Gasteiger partial charge in [-0.05, 0) is 36.7 Å². The van der Waals surface area contributed by atoms with Crippen LogP contribution in [-0.4, -0.2) is 16.8 Å². The number of rotatable bonds is 3. The van der Waals surface area contributed by atoms with Crippen LogP contribution < -0.4 is 5.73 Å². The molecule has 0 unspecified atom stereocenters. The Bertz CT molecular complexity index is 523. The molecule has 0 amide bonds. The molecule has 0 fully saturated rings. The normalized spacial score (nSPS) is 10.4. The highest BCUT2D eigenvalue weighted by atomic mass is 16.3. The summed E-state index contributed by atoms with van der Waals surface area (Å²) < 4.78 is 0. The predicted octanol–water partition coefficient (Wildman–Crippen LogP) is 2.27. The van der Waals surface area contributed by atoms with Gasteiger partial charge in [-0.3, -0.25) is 0 Å². The lowest BCUT2D eigenvalue weighted by Gasteiger charge is -2.09. The van der Waals surface area contributed by atoms with E-state index in [-0.39, 0.29) is 11.5 Å². The van der Waals surface area contributed by atoms with Gasteiger partial charge in [-0.2, -0.15) is 0 Å². The largest absolute Gasteiger partial charge is 0.507 e. The molecular weight excluding hydrogens is 214 g/mol. The van der Waals surface area contributed by atoms with Gasteiger partial charge in [0.05, 0.1) is 0 Å². The fourth-order valence-electron chi connectivity index (χ4n) is 1.82. The first-order chi connectivity index (χ1) is 8.22. The highest BCUT2D eigenvalue weighted by Crippen LogP contribution is 2.35. The Balaban J connectivity index is 2.51. The molecular formula is C14H15NO2. The van der Waals surface area contributed by atoms with E-state index in [1.54, 1.807) is 24.3 Å². The number of phenols is 2. The second-order valence-corrected chi connectivity index (χ2v) is 3.91. The summed E-state index contributed by atoms with van der Waals surface area (Å²) in [6, 6.07) is 12.3. The summed E-state index contributed by atoms with van der Waals surface area (Å²) in [6.07, 6.45) is 0.751. The number of aromatic hydroxyl groups is 2. The third kappa shape index (κ3) is 2.40. The first-order valence-corrected chi connectivity index (χ1v) is 5.52. The zero-order valence-electron chi connectivity index (χ0n) is 9.43. The smallest absolute Gasteiger partial charge is 0.123 e. The van der Waals surface area contributed by atoms with Crippen molar-refractivity contribution in [1.82, 2.24) is 0 Å². The molecule has 0 aliphatic carbocycles. The molecule has 17 heavy (non-hydrogen) atoms. The molecule has 0 spiro atoms. The van der Waals surface area contributed by atoms with Gasteiger partial charge in [-0.15, -0.1) is 0 Å². The van der Waals surface area contributed by atoms with E-state index in [2.05, 4.69) is 0 Å². The van der Waals surface area contributed by atoms with Gasteiger partial charge in [0.15, 0.2) is 0 Å². The van der Waals surface area contributed by atoms with E-state index in [0.717, 1.165) is 12.0 Å². The van der Waals surface area contributed by atoms with Crippen LogP contribution in [0.25, 0.3) is 11.1 Å². The fourth-order valence-corrected chi connectivity index (χ4v) is 1.82. The molecule has 4 N–H and O–H groups in total. The third-order valence-electron chi connectivity index (χ3n) is 2.69. The van der Waals surface area contributed by atoms with Gasteiger partial charge in [0, 0.05) is 11.1 Å². The zero-order chi connectivity index (χ0) is 12.3. The Morgan fingerprint density at radius 1 is 0.882 bits per heavy atom. The van der Waals surface area contributed by atoms with Crippen LogP contribution in [0.1, 0.15) is 5.56 Å². The second-order valence-electron chi connectivity index (χ2n) is 3.91. The molecule has 0 aromatic heterocycles. The average Bonchev–Trinajstić information content (AvgIpc) is 2.33. The Kier molecular flexibility index (Phi) is 3.30. The van der Waals surface area contributed by atoms with Crippen LogP contribution >= 0.6 is 0 Å². The number of para-hydroxylation sites is 1. The Labute approximate surface area is 100 Å². The van der Waals surface area contributed by atoms with E-state index in [0.29, 0.717) is 17.7 Å². The first kappa shape index (κ1) is 11.5. The van der Waals surface area contributed by atoms with Crippen molar-refractivity contribution < 1.29 is 10.2 Å². The molecule has 2 aromatic carbocycles. The molecule has 2 aromatic rings. The Hall–Kier alpha value is -2.00. The van der Waals surface area contributed by atoms with Crippen LogP contribution in [0, 0.1) is 0 Å². The van der Waals surface area contributed by atoms with Gasteiger partial charge in [0.1, 0.15) is 11.5 Å². The minimum atomic E-state index is 0.160. The summed E-state index contributed by atoms with van der Waals surface area (Å²) in [7, 11) is 0. The SMILES string of the molecule is NCCc1ccc(O)c(-c2ccccc2O)c1. The van der Waals surface area contributed by atoms with Crippen LogP contribution in [0.4, 0.5) is 0 Å². The van der Waals surface area contributed by atoms with Crippen LogP contribution in [-0.2, 0) is 6.42 Å². The summed E-state index contributed by atoms with van der Waals surface area (Å²) in [6.45, 7) is 0.561. The molecule has 0 bridgehead atoms.